The van der Waals surface area contributed by atoms with E-state index in [9.17, 15) is 0 Å². The molecule has 0 radical (unpaired) electrons. The second-order valence-corrected chi connectivity index (χ2v) is 5.85. The van der Waals surface area contributed by atoms with Crippen LogP contribution in [0.3, 0.4) is 0 Å². The summed E-state index contributed by atoms with van der Waals surface area (Å²) in [5, 5.41) is 4.14. The van der Waals surface area contributed by atoms with E-state index in [4.69, 9.17) is 16.3 Å². The molecule has 0 fully saturated rings. The Morgan fingerprint density at radius 2 is 2.00 bits per heavy atom. The molecule has 20 heavy (non-hydrogen) atoms. The Hall–Kier alpha value is -1.19. The lowest BCUT2D eigenvalue weighted by Gasteiger charge is -2.14. The van der Waals surface area contributed by atoms with Crippen LogP contribution < -0.4 is 10.1 Å². The summed E-state index contributed by atoms with van der Waals surface area (Å²) in [5.41, 5.74) is 3.36. The zero-order valence-corrected chi connectivity index (χ0v) is 13.9. The van der Waals surface area contributed by atoms with E-state index in [0.717, 1.165) is 26.5 Å². The van der Waals surface area contributed by atoms with Crippen LogP contribution in [0.25, 0.3) is 0 Å². The fourth-order valence-corrected chi connectivity index (χ4v) is 2.67. The van der Waals surface area contributed by atoms with Crippen molar-refractivity contribution >= 4 is 33.2 Å². The highest BCUT2D eigenvalue weighted by molar-refractivity contribution is 9.10. The van der Waals surface area contributed by atoms with Crippen molar-refractivity contribution in [2.45, 2.75) is 20.4 Å². The highest BCUT2D eigenvalue weighted by atomic mass is 79.9. The van der Waals surface area contributed by atoms with Crippen LogP contribution in [0, 0.1) is 6.92 Å². The maximum atomic E-state index is 6.06. The fraction of sp³-hybridized carbons (Fsp3) is 0.250. The number of anilines is 1. The van der Waals surface area contributed by atoms with Crippen LogP contribution in [0.5, 0.6) is 5.75 Å². The molecule has 0 aliphatic carbocycles. The summed E-state index contributed by atoms with van der Waals surface area (Å²) in [4.78, 5) is 0. The standard InChI is InChI=1S/C16H17BrClNO/c1-3-20-16-7-5-14(18)9-12(16)10-19-15-6-4-13(17)8-11(15)2/h4-9,19H,3,10H2,1-2H3. The number of halogens is 2. The van der Waals surface area contributed by atoms with Gasteiger partial charge in [0.15, 0.2) is 0 Å². The monoisotopic (exact) mass is 353 g/mol. The molecular formula is C16H17BrClNO. The molecule has 2 nitrogen and oxygen atoms in total. The minimum atomic E-state index is 0.645. The van der Waals surface area contributed by atoms with Gasteiger partial charge in [0.1, 0.15) is 5.75 Å². The molecule has 0 saturated carbocycles. The molecule has 0 atom stereocenters. The fourth-order valence-electron chi connectivity index (χ4n) is 2.00. The highest BCUT2D eigenvalue weighted by Gasteiger charge is 2.05. The van der Waals surface area contributed by atoms with Crippen molar-refractivity contribution in [2.75, 3.05) is 11.9 Å². The van der Waals surface area contributed by atoms with E-state index in [1.807, 2.05) is 31.2 Å². The van der Waals surface area contributed by atoms with Crippen molar-refractivity contribution < 1.29 is 4.74 Å². The second-order valence-electron chi connectivity index (χ2n) is 4.50. The zero-order chi connectivity index (χ0) is 14.5. The summed E-state index contributed by atoms with van der Waals surface area (Å²) in [6, 6.07) is 11.9. The molecule has 0 aliphatic rings. The minimum absolute atomic E-state index is 0.645. The third-order valence-corrected chi connectivity index (χ3v) is 3.71. The van der Waals surface area contributed by atoms with Gasteiger partial charge in [0.25, 0.3) is 0 Å². The molecule has 0 aromatic heterocycles. The summed E-state index contributed by atoms with van der Waals surface area (Å²) in [6.45, 7) is 5.38. The molecule has 0 unspecified atom stereocenters. The van der Waals surface area contributed by atoms with Gasteiger partial charge >= 0.3 is 0 Å². The molecule has 2 aromatic rings. The van der Waals surface area contributed by atoms with Crippen LogP contribution in [0.15, 0.2) is 40.9 Å². The van der Waals surface area contributed by atoms with Gasteiger partial charge < -0.3 is 10.1 Å². The summed E-state index contributed by atoms with van der Waals surface area (Å²) in [5.74, 6) is 0.874. The van der Waals surface area contributed by atoms with E-state index in [-0.39, 0.29) is 0 Å². The lowest BCUT2D eigenvalue weighted by atomic mass is 10.1. The van der Waals surface area contributed by atoms with Crippen LogP contribution >= 0.6 is 27.5 Å². The summed E-state index contributed by atoms with van der Waals surface area (Å²) < 4.78 is 6.71. The number of nitrogens with one attached hydrogen (secondary N) is 1. The number of hydrogen-bond donors (Lipinski definition) is 1. The lowest BCUT2D eigenvalue weighted by molar-refractivity contribution is 0.337. The van der Waals surface area contributed by atoms with Crippen molar-refractivity contribution in [2.24, 2.45) is 0 Å². The molecule has 0 aliphatic heterocycles. The Morgan fingerprint density at radius 1 is 1.20 bits per heavy atom. The molecule has 106 valence electrons. The number of ether oxygens (including phenoxy) is 1. The van der Waals surface area contributed by atoms with Gasteiger partial charge in [-0.25, -0.2) is 0 Å². The van der Waals surface area contributed by atoms with E-state index in [2.05, 4.69) is 40.3 Å². The molecule has 1 N–H and O–H groups in total. The van der Waals surface area contributed by atoms with Gasteiger partial charge in [-0.2, -0.15) is 0 Å². The zero-order valence-electron chi connectivity index (χ0n) is 11.5. The van der Waals surface area contributed by atoms with Gasteiger partial charge in [0.2, 0.25) is 0 Å². The third-order valence-electron chi connectivity index (χ3n) is 2.98. The van der Waals surface area contributed by atoms with Gasteiger partial charge in [0.05, 0.1) is 6.61 Å². The quantitative estimate of drug-likeness (QED) is 0.774. The van der Waals surface area contributed by atoms with Gasteiger partial charge in [-0.05, 0) is 55.8 Å². The topological polar surface area (TPSA) is 21.3 Å². The van der Waals surface area contributed by atoms with Crippen LogP contribution in [0.1, 0.15) is 18.1 Å². The number of benzene rings is 2. The minimum Gasteiger partial charge on any atom is -0.494 e. The van der Waals surface area contributed by atoms with Crippen molar-refractivity contribution in [1.82, 2.24) is 0 Å². The van der Waals surface area contributed by atoms with E-state index in [0.29, 0.717) is 13.2 Å². The molecule has 0 saturated heterocycles. The van der Waals surface area contributed by atoms with Crippen LogP contribution in [-0.4, -0.2) is 6.61 Å². The molecule has 0 heterocycles. The first-order valence-electron chi connectivity index (χ1n) is 6.51. The molecule has 0 amide bonds. The van der Waals surface area contributed by atoms with Crippen molar-refractivity contribution in [3.8, 4) is 5.75 Å². The maximum Gasteiger partial charge on any atom is 0.124 e. The Labute approximate surface area is 133 Å². The predicted molar refractivity (Wildman–Crippen MR) is 88.8 cm³/mol. The number of hydrogen-bond acceptors (Lipinski definition) is 2. The summed E-state index contributed by atoms with van der Waals surface area (Å²) in [6.07, 6.45) is 0. The molecular weight excluding hydrogens is 338 g/mol. The Bertz CT molecular complexity index is 601. The largest absolute Gasteiger partial charge is 0.494 e. The van der Waals surface area contributed by atoms with Gasteiger partial charge in [-0.1, -0.05) is 27.5 Å². The third kappa shape index (κ3) is 3.90. The first-order chi connectivity index (χ1) is 9.60. The van der Waals surface area contributed by atoms with E-state index in [1.165, 1.54) is 5.56 Å². The Morgan fingerprint density at radius 3 is 2.70 bits per heavy atom. The van der Waals surface area contributed by atoms with Gasteiger partial charge in [-0.3, -0.25) is 0 Å². The SMILES string of the molecule is CCOc1ccc(Cl)cc1CNc1ccc(Br)cc1C. The molecule has 2 rings (SSSR count). The van der Waals surface area contributed by atoms with Crippen LogP contribution in [0.4, 0.5) is 5.69 Å². The normalized spacial score (nSPS) is 10.4. The average molecular weight is 355 g/mol. The first kappa shape index (κ1) is 15.2. The van der Waals surface area contributed by atoms with Crippen molar-refractivity contribution in [1.29, 1.82) is 0 Å². The van der Waals surface area contributed by atoms with Gasteiger partial charge in [0, 0.05) is 27.3 Å². The molecule has 4 heteroatoms. The number of aryl methyl sites for hydroxylation is 1. The number of rotatable bonds is 5. The Balaban J connectivity index is 2.15. The smallest absolute Gasteiger partial charge is 0.124 e. The predicted octanol–water partition coefficient (Wildman–Crippen LogP) is 5.42. The lowest BCUT2D eigenvalue weighted by Crippen LogP contribution is -2.04. The van der Waals surface area contributed by atoms with Crippen molar-refractivity contribution in [3.05, 3.63) is 57.0 Å². The first-order valence-corrected chi connectivity index (χ1v) is 7.68. The van der Waals surface area contributed by atoms with E-state index < -0.39 is 0 Å². The maximum absolute atomic E-state index is 6.06. The van der Waals surface area contributed by atoms with Gasteiger partial charge in [-0.15, -0.1) is 0 Å². The summed E-state index contributed by atoms with van der Waals surface area (Å²) >= 11 is 9.53. The van der Waals surface area contributed by atoms with Crippen molar-refractivity contribution in [3.63, 3.8) is 0 Å². The molecule has 2 aromatic carbocycles. The Kier molecular flexibility index (Phi) is 5.32. The second kappa shape index (κ2) is 7.00. The van der Waals surface area contributed by atoms with Crippen LogP contribution in [0.2, 0.25) is 5.02 Å². The van der Waals surface area contributed by atoms with Crippen LogP contribution in [-0.2, 0) is 6.54 Å². The van der Waals surface area contributed by atoms with E-state index >= 15 is 0 Å². The highest BCUT2D eigenvalue weighted by Crippen LogP contribution is 2.25. The molecule has 0 spiro atoms. The summed E-state index contributed by atoms with van der Waals surface area (Å²) in [7, 11) is 0. The van der Waals surface area contributed by atoms with E-state index in [1.54, 1.807) is 0 Å². The average Bonchev–Trinajstić information content (AvgIpc) is 2.41. The molecule has 0 bridgehead atoms.